The molecule has 0 fully saturated rings. The summed E-state index contributed by atoms with van der Waals surface area (Å²) >= 11 is 0. The van der Waals surface area contributed by atoms with E-state index in [0.717, 1.165) is 5.56 Å². The molecule has 98 valence electrons. The molecular formula is C13H17ClN2O2. The summed E-state index contributed by atoms with van der Waals surface area (Å²) in [5.74, 6) is -0.352. The van der Waals surface area contributed by atoms with Crippen LogP contribution >= 0.6 is 12.4 Å². The van der Waals surface area contributed by atoms with E-state index in [9.17, 15) is 4.79 Å². The van der Waals surface area contributed by atoms with Gasteiger partial charge in [0, 0.05) is 6.04 Å². The molecular weight excluding hydrogens is 252 g/mol. The quantitative estimate of drug-likeness (QED) is 0.853. The molecule has 0 amide bonds. The van der Waals surface area contributed by atoms with Gasteiger partial charge in [-0.15, -0.1) is 12.4 Å². The van der Waals surface area contributed by atoms with E-state index in [2.05, 4.69) is 0 Å². The Bertz CT molecular complexity index is 449. The minimum Gasteiger partial charge on any atom is -0.469 e. The lowest BCUT2D eigenvalue weighted by Crippen LogP contribution is -2.37. The highest BCUT2D eigenvalue weighted by Crippen LogP contribution is 2.32. The van der Waals surface area contributed by atoms with Gasteiger partial charge in [0.1, 0.15) is 0 Å². The van der Waals surface area contributed by atoms with Crippen molar-refractivity contribution in [2.45, 2.75) is 19.9 Å². The number of carbonyl (C=O) groups is 1. The van der Waals surface area contributed by atoms with Crippen LogP contribution in [0.25, 0.3) is 0 Å². The highest BCUT2D eigenvalue weighted by molar-refractivity contribution is 5.85. The maximum absolute atomic E-state index is 11.6. The van der Waals surface area contributed by atoms with Gasteiger partial charge in [0.2, 0.25) is 0 Å². The van der Waals surface area contributed by atoms with E-state index >= 15 is 0 Å². The Kier molecular flexibility index (Phi) is 5.83. The number of benzene rings is 1. The van der Waals surface area contributed by atoms with Gasteiger partial charge >= 0.3 is 5.97 Å². The van der Waals surface area contributed by atoms with Crippen LogP contribution in [-0.2, 0) is 9.53 Å². The third-order valence-corrected chi connectivity index (χ3v) is 2.89. The van der Waals surface area contributed by atoms with Gasteiger partial charge < -0.3 is 10.5 Å². The van der Waals surface area contributed by atoms with Crippen molar-refractivity contribution >= 4 is 18.4 Å². The van der Waals surface area contributed by atoms with Crippen LogP contribution in [0.3, 0.4) is 0 Å². The lowest BCUT2D eigenvalue weighted by molar-refractivity contribution is -0.152. The normalized spacial score (nSPS) is 11.9. The second kappa shape index (κ2) is 6.39. The maximum Gasteiger partial charge on any atom is 0.313 e. The summed E-state index contributed by atoms with van der Waals surface area (Å²) in [6.45, 7) is 3.48. The van der Waals surface area contributed by atoms with Gasteiger partial charge in [0.05, 0.1) is 24.2 Å². The molecule has 18 heavy (non-hydrogen) atoms. The molecule has 1 rings (SSSR count). The Morgan fingerprint density at radius 2 is 1.89 bits per heavy atom. The zero-order chi connectivity index (χ0) is 13.1. The monoisotopic (exact) mass is 268 g/mol. The molecule has 0 unspecified atom stereocenters. The number of nitriles is 1. The lowest BCUT2D eigenvalue weighted by Gasteiger charge is -2.28. The number of nitrogens with zero attached hydrogens (tertiary/aromatic N) is 1. The Balaban J connectivity index is 0.00000289. The summed E-state index contributed by atoms with van der Waals surface area (Å²) in [6.07, 6.45) is 0. The van der Waals surface area contributed by atoms with Crippen molar-refractivity contribution in [2.24, 2.45) is 11.1 Å². The number of esters is 1. The number of methoxy groups -OCH3 is 1. The fourth-order valence-electron chi connectivity index (χ4n) is 1.57. The number of hydrogen-bond donors (Lipinski definition) is 1. The van der Waals surface area contributed by atoms with Crippen LogP contribution in [0.1, 0.15) is 31.0 Å². The smallest absolute Gasteiger partial charge is 0.313 e. The van der Waals surface area contributed by atoms with Crippen LogP contribution in [0.5, 0.6) is 0 Å². The number of carbonyl (C=O) groups excluding carboxylic acids is 1. The van der Waals surface area contributed by atoms with Gasteiger partial charge in [0.15, 0.2) is 0 Å². The Hall–Kier alpha value is -1.57. The van der Waals surface area contributed by atoms with Gasteiger partial charge in [-0.1, -0.05) is 12.1 Å². The Morgan fingerprint density at radius 3 is 2.28 bits per heavy atom. The minimum absolute atomic E-state index is 0. The summed E-state index contributed by atoms with van der Waals surface area (Å²) in [6, 6.07) is 8.45. The first-order valence-corrected chi connectivity index (χ1v) is 5.27. The molecule has 0 heterocycles. The Labute approximate surface area is 113 Å². The first kappa shape index (κ1) is 16.4. The van der Waals surface area contributed by atoms with E-state index < -0.39 is 11.5 Å². The SMILES string of the molecule is COC(=O)C(C)(C)[C@@H](N)c1ccc(C#N)cc1.Cl. The number of rotatable bonds is 3. The third-order valence-electron chi connectivity index (χ3n) is 2.89. The average Bonchev–Trinajstić information content (AvgIpc) is 2.36. The molecule has 0 aliphatic heterocycles. The molecule has 0 aromatic heterocycles. The lowest BCUT2D eigenvalue weighted by atomic mass is 9.81. The molecule has 1 aromatic carbocycles. The zero-order valence-corrected chi connectivity index (χ0v) is 11.5. The molecule has 0 radical (unpaired) electrons. The number of halogens is 1. The summed E-state index contributed by atoms with van der Waals surface area (Å²) in [7, 11) is 1.34. The van der Waals surface area contributed by atoms with Crippen molar-refractivity contribution in [3.63, 3.8) is 0 Å². The van der Waals surface area contributed by atoms with Crippen molar-refractivity contribution in [1.29, 1.82) is 5.26 Å². The number of hydrogen-bond acceptors (Lipinski definition) is 4. The first-order valence-electron chi connectivity index (χ1n) is 5.27. The zero-order valence-electron chi connectivity index (χ0n) is 10.6. The van der Waals surface area contributed by atoms with Crippen LogP contribution in [0, 0.1) is 16.7 Å². The minimum atomic E-state index is -0.803. The third kappa shape index (κ3) is 3.22. The van der Waals surface area contributed by atoms with Crippen LogP contribution < -0.4 is 5.73 Å². The fraction of sp³-hybridized carbons (Fsp3) is 0.385. The standard InChI is InChI=1S/C13H16N2O2.ClH/c1-13(2,12(16)17-3)11(15)10-6-4-9(8-14)5-7-10;/h4-7,11H,15H2,1-3H3;1H/t11-;/m0./s1. The summed E-state index contributed by atoms with van der Waals surface area (Å²) < 4.78 is 4.73. The van der Waals surface area contributed by atoms with Crippen molar-refractivity contribution < 1.29 is 9.53 Å². The molecule has 4 nitrogen and oxygen atoms in total. The molecule has 1 atom stereocenters. The molecule has 2 N–H and O–H groups in total. The molecule has 0 bridgehead atoms. The van der Waals surface area contributed by atoms with Crippen molar-refractivity contribution in [3.05, 3.63) is 35.4 Å². The highest BCUT2D eigenvalue weighted by atomic mass is 35.5. The van der Waals surface area contributed by atoms with Crippen LogP contribution in [0.15, 0.2) is 24.3 Å². The molecule has 0 spiro atoms. The number of ether oxygens (including phenoxy) is 1. The van der Waals surface area contributed by atoms with E-state index in [1.165, 1.54) is 7.11 Å². The van der Waals surface area contributed by atoms with Crippen LogP contribution in [-0.4, -0.2) is 13.1 Å². The second-order valence-corrected chi connectivity index (χ2v) is 4.42. The molecule has 1 aromatic rings. The van der Waals surface area contributed by atoms with Gasteiger partial charge in [-0.3, -0.25) is 4.79 Å². The van der Waals surface area contributed by atoms with E-state index in [1.54, 1.807) is 38.1 Å². The van der Waals surface area contributed by atoms with Crippen molar-refractivity contribution in [2.75, 3.05) is 7.11 Å². The summed E-state index contributed by atoms with van der Waals surface area (Å²) in [4.78, 5) is 11.6. The summed E-state index contributed by atoms with van der Waals surface area (Å²) in [5.41, 5.74) is 6.63. The second-order valence-electron chi connectivity index (χ2n) is 4.42. The molecule has 0 saturated carbocycles. The van der Waals surface area contributed by atoms with Gasteiger partial charge in [-0.2, -0.15) is 5.26 Å². The first-order chi connectivity index (χ1) is 7.93. The topological polar surface area (TPSA) is 76.1 Å². The molecule has 5 heteroatoms. The number of nitrogens with two attached hydrogens (primary N) is 1. The maximum atomic E-state index is 11.6. The average molecular weight is 269 g/mol. The Morgan fingerprint density at radius 1 is 1.39 bits per heavy atom. The van der Waals surface area contributed by atoms with Crippen molar-refractivity contribution in [1.82, 2.24) is 0 Å². The predicted octanol–water partition coefficient (Wildman–Crippen LogP) is 2.18. The predicted molar refractivity (Wildman–Crippen MR) is 71.1 cm³/mol. The van der Waals surface area contributed by atoms with Crippen LogP contribution in [0.4, 0.5) is 0 Å². The molecule has 0 saturated heterocycles. The molecule has 0 aliphatic rings. The molecule has 0 aliphatic carbocycles. The largest absolute Gasteiger partial charge is 0.469 e. The van der Waals surface area contributed by atoms with Crippen molar-refractivity contribution in [3.8, 4) is 6.07 Å². The van der Waals surface area contributed by atoms with Gasteiger partial charge in [0.25, 0.3) is 0 Å². The van der Waals surface area contributed by atoms with E-state index in [0.29, 0.717) is 5.56 Å². The van der Waals surface area contributed by atoms with Crippen LogP contribution in [0.2, 0.25) is 0 Å². The van der Waals surface area contributed by atoms with E-state index in [1.807, 2.05) is 6.07 Å². The van der Waals surface area contributed by atoms with Gasteiger partial charge in [-0.25, -0.2) is 0 Å². The highest BCUT2D eigenvalue weighted by Gasteiger charge is 2.36. The fourth-order valence-corrected chi connectivity index (χ4v) is 1.57. The van der Waals surface area contributed by atoms with E-state index in [4.69, 9.17) is 15.7 Å². The van der Waals surface area contributed by atoms with Gasteiger partial charge in [-0.05, 0) is 31.5 Å². The van der Waals surface area contributed by atoms with E-state index in [-0.39, 0.29) is 18.4 Å². The summed E-state index contributed by atoms with van der Waals surface area (Å²) in [5, 5.41) is 8.70.